The average molecular weight is 324 g/mol. The van der Waals surface area contributed by atoms with E-state index in [2.05, 4.69) is 20.4 Å². The van der Waals surface area contributed by atoms with E-state index in [4.69, 9.17) is 10.5 Å². The van der Waals surface area contributed by atoms with E-state index in [-0.39, 0.29) is 18.0 Å². The van der Waals surface area contributed by atoms with Gasteiger partial charge in [-0.2, -0.15) is 9.78 Å². The van der Waals surface area contributed by atoms with Gasteiger partial charge in [-0.25, -0.2) is 14.8 Å². The van der Waals surface area contributed by atoms with Crippen LogP contribution in [0, 0.1) is 0 Å². The Morgan fingerprint density at radius 1 is 1.29 bits per heavy atom. The molecule has 0 aliphatic carbocycles. The molecule has 0 aliphatic rings. The second kappa shape index (κ2) is 6.78. The van der Waals surface area contributed by atoms with Crippen LogP contribution in [0.25, 0.3) is 5.82 Å². The summed E-state index contributed by atoms with van der Waals surface area (Å²) in [7, 11) is 0. The lowest BCUT2D eigenvalue weighted by Crippen LogP contribution is -2.10. The zero-order valence-electron chi connectivity index (χ0n) is 13.0. The zero-order chi connectivity index (χ0) is 16.9. The number of carbonyl (C=O) groups excluding carboxylic acids is 1. The number of nitrogens with two attached hydrogens (primary N) is 1. The maximum atomic E-state index is 11.8. The topological polar surface area (TPSA) is 108 Å². The lowest BCUT2D eigenvalue weighted by Gasteiger charge is -2.08. The number of para-hydroxylation sites is 1. The first-order valence-electron chi connectivity index (χ1n) is 7.34. The van der Waals surface area contributed by atoms with Crippen LogP contribution in [0.2, 0.25) is 0 Å². The molecule has 3 rings (SSSR count). The number of rotatable bonds is 5. The fourth-order valence-corrected chi connectivity index (χ4v) is 2.11. The molecule has 8 heteroatoms. The van der Waals surface area contributed by atoms with Crippen molar-refractivity contribution in [3.63, 3.8) is 0 Å². The fourth-order valence-electron chi connectivity index (χ4n) is 2.11. The molecule has 2 heterocycles. The van der Waals surface area contributed by atoms with Crippen molar-refractivity contribution in [1.29, 1.82) is 0 Å². The number of hydrogen-bond acceptors (Lipinski definition) is 7. The number of ether oxygens (including phenoxy) is 1. The van der Waals surface area contributed by atoms with Crippen LogP contribution in [-0.4, -0.2) is 32.3 Å². The molecule has 0 unspecified atom stereocenters. The number of nitrogens with zero attached hydrogens (tertiary/aromatic N) is 4. The van der Waals surface area contributed by atoms with E-state index in [1.54, 1.807) is 13.0 Å². The van der Waals surface area contributed by atoms with E-state index < -0.39 is 5.97 Å². The Morgan fingerprint density at radius 3 is 2.83 bits per heavy atom. The van der Waals surface area contributed by atoms with Gasteiger partial charge in [0, 0.05) is 11.8 Å². The normalized spacial score (nSPS) is 10.4. The minimum Gasteiger partial charge on any atom is -0.462 e. The summed E-state index contributed by atoms with van der Waals surface area (Å²) >= 11 is 0. The Labute approximate surface area is 138 Å². The Hall–Kier alpha value is -3.42. The molecule has 3 aromatic rings. The van der Waals surface area contributed by atoms with Gasteiger partial charge in [0.2, 0.25) is 0 Å². The SMILES string of the molecule is CCOC(=O)c1cnn(-c2cc(Nc3ccccc3)ncn2)c1N. The molecule has 24 heavy (non-hydrogen) atoms. The van der Waals surface area contributed by atoms with Crippen LogP contribution in [0.4, 0.5) is 17.3 Å². The van der Waals surface area contributed by atoms with Gasteiger partial charge in [0.15, 0.2) is 5.82 Å². The van der Waals surface area contributed by atoms with Gasteiger partial charge in [0.05, 0.1) is 12.8 Å². The monoisotopic (exact) mass is 324 g/mol. The first-order valence-corrected chi connectivity index (χ1v) is 7.34. The van der Waals surface area contributed by atoms with Crippen LogP contribution >= 0.6 is 0 Å². The van der Waals surface area contributed by atoms with Gasteiger partial charge in [-0.15, -0.1) is 0 Å². The molecule has 0 saturated carbocycles. The number of carbonyl (C=O) groups is 1. The van der Waals surface area contributed by atoms with Gasteiger partial charge in [-0.05, 0) is 19.1 Å². The van der Waals surface area contributed by atoms with Crippen LogP contribution in [0.1, 0.15) is 17.3 Å². The number of benzene rings is 1. The highest BCUT2D eigenvalue weighted by atomic mass is 16.5. The maximum Gasteiger partial charge on any atom is 0.343 e. The maximum absolute atomic E-state index is 11.8. The molecule has 0 spiro atoms. The van der Waals surface area contributed by atoms with Crippen molar-refractivity contribution in [2.45, 2.75) is 6.92 Å². The smallest absolute Gasteiger partial charge is 0.343 e. The van der Waals surface area contributed by atoms with Crippen LogP contribution in [-0.2, 0) is 4.74 Å². The molecule has 8 nitrogen and oxygen atoms in total. The first-order chi connectivity index (χ1) is 11.7. The summed E-state index contributed by atoms with van der Waals surface area (Å²) in [5.74, 6) is 0.672. The molecule has 0 radical (unpaired) electrons. The highest BCUT2D eigenvalue weighted by molar-refractivity contribution is 5.94. The molecular weight excluding hydrogens is 308 g/mol. The van der Waals surface area contributed by atoms with Crippen molar-refractivity contribution >= 4 is 23.3 Å². The van der Waals surface area contributed by atoms with Crippen LogP contribution in [0.3, 0.4) is 0 Å². The Kier molecular flexibility index (Phi) is 4.37. The summed E-state index contributed by atoms with van der Waals surface area (Å²) in [5.41, 5.74) is 7.08. The molecule has 0 saturated heterocycles. The number of anilines is 3. The number of nitrogens with one attached hydrogen (secondary N) is 1. The standard InChI is InChI=1S/C16H16N6O2/c1-2-24-16(23)12-9-20-22(15(12)17)14-8-13(18-10-19-14)21-11-6-4-3-5-7-11/h3-10H,2,17H2,1H3,(H,18,19,21). The molecule has 1 aromatic carbocycles. The quantitative estimate of drug-likeness (QED) is 0.692. The molecule has 0 aliphatic heterocycles. The minimum absolute atomic E-state index is 0.165. The van der Waals surface area contributed by atoms with E-state index in [1.807, 2.05) is 30.3 Å². The number of esters is 1. The largest absolute Gasteiger partial charge is 0.462 e. The summed E-state index contributed by atoms with van der Waals surface area (Å²) in [5, 5.41) is 7.27. The zero-order valence-corrected chi connectivity index (χ0v) is 13.0. The molecule has 0 bridgehead atoms. The third-order valence-corrected chi connectivity index (χ3v) is 3.22. The van der Waals surface area contributed by atoms with Crippen molar-refractivity contribution in [2.24, 2.45) is 0 Å². The summed E-state index contributed by atoms with van der Waals surface area (Å²) in [4.78, 5) is 20.1. The molecule has 0 amide bonds. The van der Waals surface area contributed by atoms with E-state index in [1.165, 1.54) is 17.2 Å². The summed E-state index contributed by atoms with van der Waals surface area (Å²) in [6.07, 6.45) is 2.76. The van der Waals surface area contributed by atoms with E-state index in [0.717, 1.165) is 5.69 Å². The van der Waals surface area contributed by atoms with Crippen molar-refractivity contribution in [3.8, 4) is 5.82 Å². The van der Waals surface area contributed by atoms with Crippen molar-refractivity contribution < 1.29 is 9.53 Å². The molecule has 3 N–H and O–H groups in total. The first kappa shape index (κ1) is 15.5. The Morgan fingerprint density at radius 2 is 2.08 bits per heavy atom. The minimum atomic E-state index is -0.516. The molecule has 122 valence electrons. The molecule has 2 aromatic heterocycles. The average Bonchev–Trinajstić information content (AvgIpc) is 2.98. The van der Waals surface area contributed by atoms with Crippen molar-refractivity contribution in [2.75, 3.05) is 17.7 Å². The van der Waals surface area contributed by atoms with Gasteiger partial charge < -0.3 is 15.8 Å². The Bertz CT molecular complexity index is 847. The third kappa shape index (κ3) is 3.17. The third-order valence-electron chi connectivity index (χ3n) is 3.22. The van der Waals surface area contributed by atoms with Gasteiger partial charge in [-0.3, -0.25) is 0 Å². The predicted molar refractivity (Wildman–Crippen MR) is 89.2 cm³/mol. The molecule has 0 fully saturated rings. The van der Waals surface area contributed by atoms with Gasteiger partial charge in [0.1, 0.15) is 23.5 Å². The Balaban J connectivity index is 1.88. The van der Waals surface area contributed by atoms with E-state index >= 15 is 0 Å². The number of aromatic nitrogens is 4. The number of hydrogen-bond donors (Lipinski definition) is 2. The van der Waals surface area contributed by atoms with Crippen LogP contribution in [0.15, 0.2) is 48.9 Å². The molecular formula is C16H16N6O2. The lowest BCUT2D eigenvalue weighted by atomic mass is 10.3. The molecule has 0 atom stereocenters. The van der Waals surface area contributed by atoms with Gasteiger partial charge in [-0.1, -0.05) is 18.2 Å². The van der Waals surface area contributed by atoms with E-state index in [9.17, 15) is 4.79 Å². The summed E-state index contributed by atoms with van der Waals surface area (Å²) in [6, 6.07) is 11.3. The summed E-state index contributed by atoms with van der Waals surface area (Å²) in [6.45, 7) is 1.99. The highest BCUT2D eigenvalue weighted by Crippen LogP contribution is 2.19. The van der Waals surface area contributed by atoms with Crippen LogP contribution < -0.4 is 11.1 Å². The number of nitrogen functional groups attached to an aromatic ring is 1. The summed E-state index contributed by atoms with van der Waals surface area (Å²) < 4.78 is 6.31. The second-order valence-corrected chi connectivity index (χ2v) is 4.83. The van der Waals surface area contributed by atoms with E-state index in [0.29, 0.717) is 11.6 Å². The highest BCUT2D eigenvalue weighted by Gasteiger charge is 2.17. The van der Waals surface area contributed by atoms with Crippen LogP contribution in [0.5, 0.6) is 0 Å². The second-order valence-electron chi connectivity index (χ2n) is 4.83. The van der Waals surface area contributed by atoms with Crippen molar-refractivity contribution in [3.05, 3.63) is 54.5 Å². The lowest BCUT2D eigenvalue weighted by molar-refractivity contribution is 0.0527. The fraction of sp³-hybridized carbons (Fsp3) is 0.125. The van der Waals surface area contributed by atoms with Gasteiger partial charge >= 0.3 is 5.97 Å². The van der Waals surface area contributed by atoms with Gasteiger partial charge in [0.25, 0.3) is 0 Å². The predicted octanol–water partition coefficient (Wildman–Crippen LogP) is 2.16. The van der Waals surface area contributed by atoms with Crippen molar-refractivity contribution in [1.82, 2.24) is 19.7 Å².